The molecule has 1 amide bonds. The maximum Gasteiger partial charge on any atom is 0.341 e. The number of hydrogen-bond donors (Lipinski definition) is 1. The first-order chi connectivity index (χ1) is 16.5. The van der Waals surface area contributed by atoms with Crippen molar-refractivity contribution in [2.75, 3.05) is 14.2 Å². The number of carbonyl (C=O) groups excluding carboxylic acids is 2. The third-order valence-electron chi connectivity index (χ3n) is 5.37. The number of aryl methyl sites for hydroxylation is 1. The predicted octanol–water partition coefficient (Wildman–Crippen LogP) is 5.04. The average Bonchev–Trinajstić information content (AvgIpc) is 3.37. The SMILES string of the molecule is COC(=O)c1cc(CNC(=O)c2ccccc2-c2ncc(-c3ccc(C)cc3)o2)ccc1OC. The third-order valence-corrected chi connectivity index (χ3v) is 5.37. The van der Waals surface area contributed by atoms with E-state index in [9.17, 15) is 9.59 Å². The molecular weight excluding hydrogens is 432 g/mol. The van der Waals surface area contributed by atoms with E-state index in [0.29, 0.717) is 34.1 Å². The van der Waals surface area contributed by atoms with Gasteiger partial charge in [-0.1, -0.05) is 48.0 Å². The summed E-state index contributed by atoms with van der Waals surface area (Å²) in [5, 5.41) is 2.89. The largest absolute Gasteiger partial charge is 0.496 e. The van der Waals surface area contributed by atoms with E-state index in [4.69, 9.17) is 13.9 Å². The maximum absolute atomic E-state index is 13.0. The van der Waals surface area contributed by atoms with E-state index in [1.807, 2.05) is 37.3 Å². The van der Waals surface area contributed by atoms with E-state index >= 15 is 0 Å². The van der Waals surface area contributed by atoms with Gasteiger partial charge in [0.25, 0.3) is 5.91 Å². The van der Waals surface area contributed by atoms with Crippen LogP contribution in [0.3, 0.4) is 0 Å². The quantitative estimate of drug-likeness (QED) is 0.392. The molecule has 4 rings (SSSR count). The van der Waals surface area contributed by atoms with Crippen molar-refractivity contribution in [3.8, 4) is 28.5 Å². The lowest BCUT2D eigenvalue weighted by molar-refractivity contribution is 0.0597. The summed E-state index contributed by atoms with van der Waals surface area (Å²) >= 11 is 0. The molecule has 0 spiro atoms. The smallest absolute Gasteiger partial charge is 0.341 e. The average molecular weight is 456 g/mol. The number of ether oxygens (including phenoxy) is 2. The first-order valence-corrected chi connectivity index (χ1v) is 10.7. The van der Waals surface area contributed by atoms with Crippen molar-refractivity contribution in [1.82, 2.24) is 10.3 Å². The lowest BCUT2D eigenvalue weighted by Crippen LogP contribution is -2.23. The summed E-state index contributed by atoms with van der Waals surface area (Å²) in [6, 6.07) is 20.1. The molecule has 34 heavy (non-hydrogen) atoms. The van der Waals surface area contributed by atoms with Gasteiger partial charge >= 0.3 is 5.97 Å². The van der Waals surface area contributed by atoms with E-state index in [-0.39, 0.29) is 12.5 Å². The third kappa shape index (κ3) is 4.83. The van der Waals surface area contributed by atoms with Crippen LogP contribution in [0, 0.1) is 6.92 Å². The topological polar surface area (TPSA) is 90.7 Å². The molecule has 1 heterocycles. The summed E-state index contributed by atoms with van der Waals surface area (Å²) in [6.07, 6.45) is 1.65. The summed E-state index contributed by atoms with van der Waals surface area (Å²) in [7, 11) is 2.78. The van der Waals surface area contributed by atoms with E-state index in [0.717, 1.165) is 16.7 Å². The number of oxazole rings is 1. The molecule has 0 aliphatic rings. The Morgan fingerprint density at radius 2 is 1.74 bits per heavy atom. The number of esters is 1. The van der Waals surface area contributed by atoms with Gasteiger partial charge in [-0.15, -0.1) is 0 Å². The minimum Gasteiger partial charge on any atom is -0.496 e. The molecule has 3 aromatic carbocycles. The first kappa shape index (κ1) is 22.8. The molecule has 0 atom stereocenters. The molecule has 0 aliphatic heterocycles. The zero-order valence-electron chi connectivity index (χ0n) is 19.1. The molecule has 1 N–H and O–H groups in total. The lowest BCUT2D eigenvalue weighted by Gasteiger charge is -2.11. The van der Waals surface area contributed by atoms with Crippen LogP contribution >= 0.6 is 0 Å². The van der Waals surface area contributed by atoms with Crippen LogP contribution in [0.25, 0.3) is 22.8 Å². The number of methoxy groups -OCH3 is 2. The molecule has 0 saturated carbocycles. The van der Waals surface area contributed by atoms with Gasteiger partial charge in [0.05, 0.1) is 26.0 Å². The van der Waals surface area contributed by atoms with Crippen molar-refractivity contribution in [2.45, 2.75) is 13.5 Å². The van der Waals surface area contributed by atoms with Gasteiger partial charge in [-0.05, 0) is 36.8 Å². The van der Waals surface area contributed by atoms with Gasteiger partial charge in [-0.25, -0.2) is 9.78 Å². The number of aromatic nitrogens is 1. The van der Waals surface area contributed by atoms with Gasteiger partial charge in [0.15, 0.2) is 5.76 Å². The van der Waals surface area contributed by atoms with Crippen LogP contribution < -0.4 is 10.1 Å². The Hall–Kier alpha value is -4.39. The Labute approximate surface area is 197 Å². The van der Waals surface area contributed by atoms with Gasteiger partial charge in [0.2, 0.25) is 5.89 Å². The standard InChI is InChI=1S/C27H24N2O5/c1-17-8-11-19(12-9-17)24-16-29-26(34-24)21-7-5-4-6-20(21)25(30)28-15-18-10-13-23(32-2)22(14-18)27(31)33-3/h4-14,16H,15H2,1-3H3,(H,28,30). The number of hydrogen-bond acceptors (Lipinski definition) is 6. The lowest BCUT2D eigenvalue weighted by atomic mass is 10.1. The molecule has 0 radical (unpaired) electrons. The fourth-order valence-electron chi connectivity index (χ4n) is 3.53. The highest BCUT2D eigenvalue weighted by molar-refractivity contribution is 6.00. The van der Waals surface area contributed by atoms with Crippen LogP contribution in [0.15, 0.2) is 77.3 Å². The fourth-order valence-corrected chi connectivity index (χ4v) is 3.53. The molecule has 0 fully saturated rings. The van der Waals surface area contributed by atoms with Crippen LogP contribution in [-0.2, 0) is 11.3 Å². The second kappa shape index (κ2) is 10.0. The van der Waals surface area contributed by atoms with Gasteiger partial charge < -0.3 is 19.2 Å². The molecule has 172 valence electrons. The Balaban J connectivity index is 1.54. The predicted molar refractivity (Wildman–Crippen MR) is 128 cm³/mol. The highest BCUT2D eigenvalue weighted by atomic mass is 16.5. The van der Waals surface area contributed by atoms with Crippen molar-refractivity contribution in [3.05, 3.63) is 95.2 Å². The molecule has 7 nitrogen and oxygen atoms in total. The first-order valence-electron chi connectivity index (χ1n) is 10.7. The van der Waals surface area contributed by atoms with Crippen LogP contribution in [0.1, 0.15) is 31.8 Å². The number of nitrogens with one attached hydrogen (secondary N) is 1. The zero-order valence-corrected chi connectivity index (χ0v) is 19.1. The number of rotatable bonds is 7. The maximum atomic E-state index is 13.0. The molecule has 0 saturated heterocycles. The molecule has 0 bridgehead atoms. The Bertz CT molecular complexity index is 1330. The minimum atomic E-state index is -0.511. The molecule has 1 aromatic heterocycles. The molecule has 0 aliphatic carbocycles. The van der Waals surface area contributed by atoms with E-state index in [2.05, 4.69) is 10.3 Å². The molecular formula is C27H24N2O5. The summed E-state index contributed by atoms with van der Waals surface area (Å²) in [5.74, 6) is 0.586. The van der Waals surface area contributed by atoms with Gasteiger partial charge in [0.1, 0.15) is 11.3 Å². The van der Waals surface area contributed by atoms with E-state index in [1.165, 1.54) is 14.2 Å². The number of nitrogens with zero attached hydrogens (tertiary/aromatic N) is 1. The van der Waals surface area contributed by atoms with Crippen molar-refractivity contribution < 1.29 is 23.5 Å². The monoisotopic (exact) mass is 456 g/mol. The molecule has 7 heteroatoms. The van der Waals surface area contributed by atoms with Crippen molar-refractivity contribution in [3.63, 3.8) is 0 Å². The highest BCUT2D eigenvalue weighted by Crippen LogP contribution is 2.28. The van der Waals surface area contributed by atoms with E-state index in [1.54, 1.807) is 42.6 Å². The zero-order chi connectivity index (χ0) is 24.1. The van der Waals surface area contributed by atoms with Gasteiger partial charge in [0, 0.05) is 17.7 Å². The van der Waals surface area contributed by atoms with Gasteiger partial charge in [-0.3, -0.25) is 4.79 Å². The minimum absolute atomic E-state index is 0.210. The van der Waals surface area contributed by atoms with Crippen LogP contribution in [0.5, 0.6) is 5.75 Å². The number of amides is 1. The second-order valence-corrected chi connectivity index (χ2v) is 7.65. The Morgan fingerprint density at radius 1 is 0.971 bits per heavy atom. The van der Waals surface area contributed by atoms with Crippen molar-refractivity contribution >= 4 is 11.9 Å². The Kier molecular flexibility index (Phi) is 6.73. The van der Waals surface area contributed by atoms with Crippen LogP contribution in [0.4, 0.5) is 0 Å². The van der Waals surface area contributed by atoms with Crippen LogP contribution in [0.2, 0.25) is 0 Å². The summed E-state index contributed by atoms with van der Waals surface area (Å²) in [6.45, 7) is 2.23. The number of benzene rings is 3. The molecule has 4 aromatic rings. The van der Waals surface area contributed by atoms with Crippen molar-refractivity contribution in [1.29, 1.82) is 0 Å². The van der Waals surface area contributed by atoms with E-state index < -0.39 is 5.97 Å². The van der Waals surface area contributed by atoms with Crippen LogP contribution in [-0.4, -0.2) is 31.1 Å². The number of carbonyl (C=O) groups is 2. The second-order valence-electron chi connectivity index (χ2n) is 7.65. The normalized spacial score (nSPS) is 10.6. The molecule has 0 unspecified atom stereocenters. The Morgan fingerprint density at radius 3 is 2.47 bits per heavy atom. The summed E-state index contributed by atoms with van der Waals surface area (Å²) in [4.78, 5) is 29.4. The van der Waals surface area contributed by atoms with Crippen molar-refractivity contribution in [2.24, 2.45) is 0 Å². The van der Waals surface area contributed by atoms with Gasteiger partial charge in [-0.2, -0.15) is 0 Å². The highest BCUT2D eigenvalue weighted by Gasteiger charge is 2.18. The summed E-state index contributed by atoms with van der Waals surface area (Å²) < 4.78 is 16.0. The fraction of sp³-hybridized carbons (Fsp3) is 0.148. The summed E-state index contributed by atoms with van der Waals surface area (Å²) in [5.41, 5.74) is 4.10.